The summed E-state index contributed by atoms with van der Waals surface area (Å²) in [5.41, 5.74) is 6.83. The van der Waals surface area contributed by atoms with Crippen molar-refractivity contribution in [3.05, 3.63) is 43.3 Å². The van der Waals surface area contributed by atoms with Crippen molar-refractivity contribution in [2.24, 2.45) is 11.7 Å². The number of thiophene rings is 2. The molecule has 2 aliphatic rings. The van der Waals surface area contributed by atoms with Gasteiger partial charge in [0, 0.05) is 9.75 Å². The van der Waals surface area contributed by atoms with Gasteiger partial charge >= 0.3 is 0 Å². The van der Waals surface area contributed by atoms with E-state index < -0.39 is 29.5 Å². The molecule has 0 unspecified atom stereocenters. The number of hydrogen-bond donors (Lipinski definition) is 2. The van der Waals surface area contributed by atoms with Crippen LogP contribution in [0.2, 0.25) is 0 Å². The molecule has 0 spiro atoms. The lowest BCUT2D eigenvalue weighted by molar-refractivity contribution is -0.127. The number of nitrogens with two attached hydrogens (primary N) is 1. The van der Waals surface area contributed by atoms with Crippen molar-refractivity contribution in [1.29, 1.82) is 0 Å². The fourth-order valence-corrected chi connectivity index (χ4v) is 6.54. The van der Waals surface area contributed by atoms with Gasteiger partial charge in [-0.1, -0.05) is 13.0 Å². The number of rotatable bonds is 5. The van der Waals surface area contributed by atoms with Crippen LogP contribution in [0, 0.1) is 5.92 Å². The zero-order chi connectivity index (χ0) is 21.4. The third kappa shape index (κ3) is 4.07. The molecule has 1 fully saturated rings. The summed E-state index contributed by atoms with van der Waals surface area (Å²) in [6.45, 7) is 1.73. The average molecular weight is 462 g/mol. The molecular weight excluding hydrogens is 442 g/mol. The van der Waals surface area contributed by atoms with Crippen LogP contribution in [0.5, 0.6) is 0 Å². The molecule has 30 heavy (non-hydrogen) atoms. The standard InChI is InChI=1S/C20H19N3O4S3/c1-10-4-5-12-13(7-10)29-18(16(12)17(21)25)22-15(24)9-23-19(26)14(30-20(23)27)8-11-3-2-6-28-11/h2-3,6,8,10H,4-5,7,9H2,1H3,(H2,21,25)(H,22,24)/b14-8-/t10-/m1/s1. The maximum atomic E-state index is 12.6. The Morgan fingerprint density at radius 2 is 2.17 bits per heavy atom. The molecule has 2 aromatic rings. The molecule has 1 atom stereocenters. The van der Waals surface area contributed by atoms with E-state index in [-0.39, 0.29) is 4.91 Å². The van der Waals surface area contributed by atoms with Gasteiger partial charge in [-0.05, 0) is 60.0 Å². The lowest BCUT2D eigenvalue weighted by Crippen LogP contribution is -2.36. The van der Waals surface area contributed by atoms with Crippen LogP contribution in [0.3, 0.4) is 0 Å². The zero-order valence-electron chi connectivity index (χ0n) is 16.1. The number of carbonyl (C=O) groups is 4. The SMILES string of the molecule is C[C@@H]1CCc2c(sc(NC(=O)CN3C(=O)S/C(=C\c4cccs4)C3=O)c2C(N)=O)C1. The number of nitrogens with one attached hydrogen (secondary N) is 1. The van der Waals surface area contributed by atoms with E-state index in [1.807, 2.05) is 17.5 Å². The smallest absolute Gasteiger partial charge is 0.294 e. The molecule has 1 saturated heterocycles. The lowest BCUT2D eigenvalue weighted by Gasteiger charge is -2.18. The van der Waals surface area contributed by atoms with Gasteiger partial charge in [-0.3, -0.25) is 24.1 Å². The fraction of sp³-hybridized carbons (Fsp3) is 0.300. The van der Waals surface area contributed by atoms with Gasteiger partial charge in [0.2, 0.25) is 5.91 Å². The Morgan fingerprint density at radius 1 is 1.37 bits per heavy atom. The highest BCUT2D eigenvalue weighted by atomic mass is 32.2. The Bertz CT molecular complexity index is 1070. The van der Waals surface area contributed by atoms with E-state index in [9.17, 15) is 19.2 Å². The van der Waals surface area contributed by atoms with Gasteiger partial charge in [0.05, 0.1) is 10.5 Å². The Balaban J connectivity index is 1.50. The quantitative estimate of drug-likeness (QED) is 0.660. The van der Waals surface area contributed by atoms with E-state index in [2.05, 4.69) is 12.2 Å². The van der Waals surface area contributed by atoms with Crippen molar-refractivity contribution in [3.8, 4) is 0 Å². The van der Waals surface area contributed by atoms with Crippen molar-refractivity contribution in [3.63, 3.8) is 0 Å². The first-order valence-corrected chi connectivity index (χ1v) is 11.9. The summed E-state index contributed by atoms with van der Waals surface area (Å²) < 4.78 is 0. The van der Waals surface area contributed by atoms with E-state index in [0.29, 0.717) is 16.5 Å². The van der Waals surface area contributed by atoms with Crippen molar-refractivity contribution >= 4 is 68.5 Å². The molecule has 4 rings (SSSR count). The molecule has 1 aliphatic heterocycles. The van der Waals surface area contributed by atoms with E-state index in [4.69, 9.17) is 5.73 Å². The molecule has 3 N–H and O–H groups in total. The second-order valence-corrected chi connectivity index (χ2v) is 10.3. The third-order valence-corrected chi connectivity index (χ3v) is 7.90. The summed E-state index contributed by atoms with van der Waals surface area (Å²) in [5, 5.41) is 4.48. The van der Waals surface area contributed by atoms with Crippen LogP contribution in [-0.4, -0.2) is 34.4 Å². The van der Waals surface area contributed by atoms with Gasteiger partial charge in [0.25, 0.3) is 17.1 Å². The fourth-order valence-electron chi connectivity index (χ4n) is 3.55. The first-order chi connectivity index (χ1) is 14.3. The first-order valence-electron chi connectivity index (χ1n) is 9.36. The predicted octanol–water partition coefficient (Wildman–Crippen LogP) is 3.71. The minimum atomic E-state index is -0.581. The molecular formula is C20H19N3O4S3. The molecule has 1 aliphatic carbocycles. The normalized spacial score (nSPS) is 20.0. The number of primary amides is 1. The molecule has 2 aromatic heterocycles. The third-order valence-electron chi connectivity index (χ3n) is 5.00. The van der Waals surface area contributed by atoms with Gasteiger partial charge in [-0.15, -0.1) is 22.7 Å². The van der Waals surface area contributed by atoms with Crippen LogP contribution < -0.4 is 11.1 Å². The molecule has 0 aromatic carbocycles. The van der Waals surface area contributed by atoms with Crippen molar-refractivity contribution in [2.75, 3.05) is 11.9 Å². The molecule has 4 amide bonds. The van der Waals surface area contributed by atoms with Crippen LogP contribution in [0.1, 0.15) is 39.0 Å². The second-order valence-electron chi connectivity index (χ2n) is 7.25. The summed E-state index contributed by atoms with van der Waals surface area (Å²) in [6.07, 6.45) is 4.20. The van der Waals surface area contributed by atoms with Gasteiger partial charge in [-0.25, -0.2) is 0 Å². The first kappa shape index (κ1) is 20.8. The number of fused-ring (bicyclic) bond motifs is 1. The monoisotopic (exact) mass is 461 g/mol. The van der Waals surface area contributed by atoms with Gasteiger partial charge in [0.1, 0.15) is 11.5 Å². The second kappa shape index (κ2) is 8.37. The largest absolute Gasteiger partial charge is 0.365 e. The van der Waals surface area contributed by atoms with E-state index in [1.165, 1.54) is 22.7 Å². The van der Waals surface area contributed by atoms with E-state index in [0.717, 1.165) is 51.2 Å². The van der Waals surface area contributed by atoms with Crippen LogP contribution >= 0.6 is 34.4 Å². The topological polar surface area (TPSA) is 110 Å². The molecule has 0 bridgehead atoms. The maximum Gasteiger partial charge on any atom is 0.294 e. The summed E-state index contributed by atoms with van der Waals surface area (Å²) >= 11 is 3.62. The number of anilines is 1. The number of carbonyl (C=O) groups excluding carboxylic acids is 4. The minimum absolute atomic E-state index is 0.286. The van der Waals surface area contributed by atoms with Crippen LogP contribution in [-0.2, 0) is 22.4 Å². The number of amides is 4. The summed E-state index contributed by atoms with van der Waals surface area (Å²) in [6, 6.07) is 3.70. The molecule has 3 heterocycles. The highest BCUT2D eigenvalue weighted by Crippen LogP contribution is 2.39. The Labute approximate surface area is 185 Å². The van der Waals surface area contributed by atoms with Gasteiger partial charge < -0.3 is 11.1 Å². The maximum absolute atomic E-state index is 12.6. The zero-order valence-corrected chi connectivity index (χ0v) is 18.5. The predicted molar refractivity (Wildman–Crippen MR) is 120 cm³/mol. The Hall–Kier alpha value is -2.43. The molecule has 0 radical (unpaired) electrons. The average Bonchev–Trinajstić information content (AvgIpc) is 3.37. The molecule has 10 heteroatoms. The van der Waals surface area contributed by atoms with Gasteiger partial charge in [0.15, 0.2) is 0 Å². The van der Waals surface area contributed by atoms with Crippen LogP contribution in [0.25, 0.3) is 6.08 Å². The van der Waals surface area contributed by atoms with Crippen molar-refractivity contribution in [2.45, 2.75) is 26.2 Å². The highest BCUT2D eigenvalue weighted by molar-refractivity contribution is 8.18. The Kier molecular flexibility index (Phi) is 5.81. The summed E-state index contributed by atoms with van der Waals surface area (Å²) in [4.78, 5) is 52.6. The highest BCUT2D eigenvalue weighted by Gasteiger charge is 2.37. The lowest BCUT2D eigenvalue weighted by atomic mass is 9.88. The van der Waals surface area contributed by atoms with Crippen molar-refractivity contribution in [1.82, 2.24) is 4.90 Å². The molecule has 7 nitrogen and oxygen atoms in total. The number of nitrogens with zero attached hydrogens (tertiary/aromatic N) is 1. The van der Waals surface area contributed by atoms with Gasteiger partial charge in [-0.2, -0.15) is 0 Å². The van der Waals surface area contributed by atoms with Crippen molar-refractivity contribution < 1.29 is 19.2 Å². The van der Waals surface area contributed by atoms with E-state index in [1.54, 1.807) is 6.08 Å². The number of thioether (sulfide) groups is 1. The number of hydrogen-bond acceptors (Lipinski definition) is 7. The molecule has 156 valence electrons. The van der Waals surface area contributed by atoms with Crippen LogP contribution in [0.15, 0.2) is 22.4 Å². The minimum Gasteiger partial charge on any atom is -0.365 e. The summed E-state index contributed by atoms with van der Waals surface area (Å²) in [5.74, 6) is -1.11. The Morgan fingerprint density at radius 3 is 2.87 bits per heavy atom. The van der Waals surface area contributed by atoms with E-state index >= 15 is 0 Å². The summed E-state index contributed by atoms with van der Waals surface area (Å²) in [7, 11) is 0. The molecule has 0 saturated carbocycles. The number of imide groups is 1. The van der Waals surface area contributed by atoms with Crippen LogP contribution in [0.4, 0.5) is 9.80 Å².